The van der Waals surface area contributed by atoms with E-state index in [1.165, 1.54) is 0 Å². The second kappa shape index (κ2) is 5.28. The third kappa shape index (κ3) is 3.13. The van der Waals surface area contributed by atoms with E-state index in [4.69, 9.17) is 19.8 Å². The summed E-state index contributed by atoms with van der Waals surface area (Å²) in [6.45, 7) is 11.3. The van der Waals surface area contributed by atoms with Crippen molar-refractivity contribution in [2.75, 3.05) is 0 Å². The molecule has 1 fully saturated rings. The van der Waals surface area contributed by atoms with Crippen molar-refractivity contribution in [3.05, 3.63) is 24.3 Å². The summed E-state index contributed by atoms with van der Waals surface area (Å²) in [6, 6.07) is 7.30. The van der Waals surface area contributed by atoms with Crippen LogP contribution in [0.2, 0.25) is 0 Å². The van der Waals surface area contributed by atoms with Gasteiger partial charge in [0.25, 0.3) is 5.91 Å². The van der Waals surface area contributed by atoms with Crippen LogP contribution in [-0.4, -0.2) is 29.8 Å². The van der Waals surface area contributed by atoms with Crippen LogP contribution in [0.5, 0.6) is 5.75 Å². The molecule has 1 aliphatic rings. The summed E-state index contributed by atoms with van der Waals surface area (Å²) in [4.78, 5) is 11.3. The van der Waals surface area contributed by atoms with Crippen molar-refractivity contribution < 1.29 is 18.8 Å². The summed E-state index contributed by atoms with van der Waals surface area (Å²) < 4.78 is 17.6. The molecule has 120 valence electrons. The molecule has 1 amide bonds. The van der Waals surface area contributed by atoms with Gasteiger partial charge >= 0.3 is 7.12 Å². The molecule has 5 nitrogen and oxygen atoms in total. The first-order chi connectivity index (χ1) is 9.95. The van der Waals surface area contributed by atoms with Gasteiger partial charge in [-0.05, 0) is 59.1 Å². The highest BCUT2D eigenvalue weighted by molar-refractivity contribution is 6.62. The normalized spacial score (nSPS) is 20.0. The number of benzene rings is 1. The zero-order chi connectivity index (χ0) is 16.8. The lowest BCUT2D eigenvalue weighted by molar-refractivity contribution is -0.130. The fourth-order valence-electron chi connectivity index (χ4n) is 2.02. The second-order valence-electron chi connectivity index (χ2n) is 7.13. The SMILES string of the molecule is CC(C)(Oc1ccc(B2OC(C)(C)C(C)(C)O2)cc1)C(N)=O. The first kappa shape index (κ1) is 16.8. The molecule has 0 aliphatic carbocycles. The zero-order valence-electron chi connectivity index (χ0n) is 14.1. The molecule has 1 saturated heterocycles. The maximum atomic E-state index is 11.3. The van der Waals surface area contributed by atoms with Gasteiger partial charge in [0, 0.05) is 0 Å². The van der Waals surface area contributed by atoms with Crippen molar-refractivity contribution in [1.29, 1.82) is 0 Å². The highest BCUT2D eigenvalue weighted by atomic mass is 16.7. The molecule has 0 aromatic heterocycles. The van der Waals surface area contributed by atoms with Crippen LogP contribution in [0.3, 0.4) is 0 Å². The minimum atomic E-state index is -1.05. The van der Waals surface area contributed by atoms with Crippen LogP contribution in [-0.2, 0) is 14.1 Å². The molecule has 1 aromatic carbocycles. The van der Waals surface area contributed by atoms with Crippen molar-refractivity contribution >= 4 is 18.5 Å². The molecule has 0 bridgehead atoms. The summed E-state index contributed by atoms with van der Waals surface area (Å²) in [5, 5.41) is 0. The Bertz CT molecular complexity index is 550. The third-order valence-electron chi connectivity index (χ3n) is 4.37. The topological polar surface area (TPSA) is 70.8 Å². The molecule has 0 spiro atoms. The lowest BCUT2D eigenvalue weighted by atomic mass is 9.79. The minimum Gasteiger partial charge on any atom is -0.478 e. The van der Waals surface area contributed by atoms with E-state index in [1.807, 2.05) is 39.8 Å². The van der Waals surface area contributed by atoms with E-state index in [2.05, 4.69) is 0 Å². The van der Waals surface area contributed by atoms with Gasteiger partial charge in [-0.25, -0.2) is 0 Å². The number of carbonyl (C=O) groups excluding carboxylic acids is 1. The van der Waals surface area contributed by atoms with Crippen LogP contribution >= 0.6 is 0 Å². The van der Waals surface area contributed by atoms with Crippen LogP contribution in [0.4, 0.5) is 0 Å². The second-order valence-corrected chi connectivity index (χ2v) is 7.13. The molecule has 1 aliphatic heterocycles. The molecule has 22 heavy (non-hydrogen) atoms. The monoisotopic (exact) mass is 305 g/mol. The number of hydrogen-bond acceptors (Lipinski definition) is 4. The fourth-order valence-corrected chi connectivity index (χ4v) is 2.02. The molecular formula is C16H24BNO4. The number of primary amides is 1. The largest absolute Gasteiger partial charge is 0.494 e. The predicted molar refractivity (Wildman–Crippen MR) is 86.1 cm³/mol. The highest BCUT2D eigenvalue weighted by Gasteiger charge is 2.51. The van der Waals surface area contributed by atoms with Crippen molar-refractivity contribution in [2.24, 2.45) is 5.73 Å². The highest BCUT2D eigenvalue weighted by Crippen LogP contribution is 2.36. The number of carbonyl (C=O) groups is 1. The molecule has 6 heteroatoms. The smallest absolute Gasteiger partial charge is 0.478 e. The van der Waals surface area contributed by atoms with Gasteiger partial charge in [-0.3, -0.25) is 4.79 Å². The average molecular weight is 305 g/mol. The molecule has 2 N–H and O–H groups in total. The Balaban J connectivity index is 2.12. The number of amides is 1. The molecule has 1 heterocycles. The number of ether oxygens (including phenoxy) is 1. The van der Waals surface area contributed by atoms with Gasteiger partial charge in [-0.15, -0.1) is 0 Å². The number of nitrogens with two attached hydrogens (primary N) is 1. The molecular weight excluding hydrogens is 281 g/mol. The van der Waals surface area contributed by atoms with E-state index in [0.717, 1.165) is 5.46 Å². The average Bonchev–Trinajstić information content (AvgIpc) is 2.58. The zero-order valence-corrected chi connectivity index (χ0v) is 14.1. The van der Waals surface area contributed by atoms with Crippen LogP contribution in [0.15, 0.2) is 24.3 Å². The van der Waals surface area contributed by atoms with E-state index in [9.17, 15) is 4.79 Å². The Labute approximate surface area is 132 Å². The van der Waals surface area contributed by atoms with Gasteiger partial charge in [0.2, 0.25) is 0 Å². The predicted octanol–water partition coefficient (Wildman–Crippen LogP) is 1.63. The summed E-state index contributed by atoms with van der Waals surface area (Å²) >= 11 is 0. The van der Waals surface area contributed by atoms with E-state index < -0.39 is 18.6 Å². The Morgan fingerprint density at radius 3 is 1.95 bits per heavy atom. The van der Waals surface area contributed by atoms with Gasteiger partial charge in [0.1, 0.15) is 5.75 Å². The van der Waals surface area contributed by atoms with Crippen molar-refractivity contribution in [1.82, 2.24) is 0 Å². The van der Waals surface area contributed by atoms with Crippen molar-refractivity contribution in [3.63, 3.8) is 0 Å². The molecule has 0 radical (unpaired) electrons. The number of rotatable bonds is 4. The summed E-state index contributed by atoms with van der Waals surface area (Å²) in [5.41, 5.74) is 4.41. The van der Waals surface area contributed by atoms with Crippen LogP contribution in [0.25, 0.3) is 0 Å². The lowest BCUT2D eigenvalue weighted by Gasteiger charge is -2.32. The summed E-state index contributed by atoms with van der Waals surface area (Å²) in [7, 11) is -0.414. The van der Waals surface area contributed by atoms with E-state index >= 15 is 0 Å². The van der Waals surface area contributed by atoms with E-state index in [0.29, 0.717) is 5.75 Å². The minimum absolute atomic E-state index is 0.374. The summed E-state index contributed by atoms with van der Waals surface area (Å²) in [5.74, 6) is 0.0617. The van der Waals surface area contributed by atoms with Gasteiger partial charge in [0.15, 0.2) is 5.60 Å². The Morgan fingerprint density at radius 2 is 1.55 bits per heavy atom. The standard InChI is InChI=1S/C16H24BNO4/c1-14(2,13(18)19)20-12-9-7-11(8-10-12)17-21-15(3,4)16(5,6)22-17/h7-10H,1-6H3,(H2,18,19). The van der Waals surface area contributed by atoms with Gasteiger partial charge < -0.3 is 19.8 Å². The van der Waals surface area contributed by atoms with E-state index in [-0.39, 0.29) is 11.2 Å². The van der Waals surface area contributed by atoms with Gasteiger partial charge in [-0.1, -0.05) is 12.1 Å². The summed E-state index contributed by atoms with van der Waals surface area (Å²) in [6.07, 6.45) is 0. The lowest BCUT2D eigenvalue weighted by Crippen LogP contribution is -2.43. The molecule has 0 unspecified atom stereocenters. The van der Waals surface area contributed by atoms with Crippen molar-refractivity contribution in [2.45, 2.75) is 58.3 Å². The third-order valence-corrected chi connectivity index (χ3v) is 4.37. The molecule has 1 aromatic rings. The molecule has 0 saturated carbocycles. The first-order valence-electron chi connectivity index (χ1n) is 7.39. The first-order valence-corrected chi connectivity index (χ1v) is 7.39. The van der Waals surface area contributed by atoms with Crippen LogP contribution in [0, 0.1) is 0 Å². The number of hydrogen-bond donors (Lipinski definition) is 1. The van der Waals surface area contributed by atoms with Crippen LogP contribution in [0.1, 0.15) is 41.5 Å². The van der Waals surface area contributed by atoms with Gasteiger partial charge in [-0.2, -0.15) is 0 Å². The fraction of sp³-hybridized carbons (Fsp3) is 0.562. The maximum absolute atomic E-state index is 11.3. The van der Waals surface area contributed by atoms with E-state index in [1.54, 1.807) is 26.0 Å². The Kier molecular flexibility index (Phi) is 4.04. The van der Waals surface area contributed by atoms with Crippen LogP contribution < -0.4 is 15.9 Å². The Morgan fingerprint density at radius 1 is 1.09 bits per heavy atom. The van der Waals surface area contributed by atoms with Crippen molar-refractivity contribution in [3.8, 4) is 5.75 Å². The quantitative estimate of drug-likeness (QED) is 0.858. The molecule has 0 atom stereocenters. The Hall–Kier alpha value is -1.53. The molecule has 2 rings (SSSR count). The maximum Gasteiger partial charge on any atom is 0.494 e. The van der Waals surface area contributed by atoms with Gasteiger partial charge in [0.05, 0.1) is 11.2 Å².